The lowest BCUT2D eigenvalue weighted by atomic mass is 9.81. The predicted molar refractivity (Wildman–Crippen MR) is 333 cm³/mol. The van der Waals surface area contributed by atoms with Crippen molar-refractivity contribution in [2.24, 2.45) is 21.8 Å². The molecule has 0 radical (unpaired) electrons. The van der Waals surface area contributed by atoms with Gasteiger partial charge in [0.15, 0.2) is 10.3 Å². The second-order valence-corrected chi connectivity index (χ2v) is 26.4. The highest BCUT2D eigenvalue weighted by Crippen LogP contribution is 2.58. The minimum absolute atomic E-state index is 0.0220. The van der Waals surface area contributed by atoms with Crippen molar-refractivity contribution in [3.05, 3.63) is 161 Å². The zero-order valence-electron chi connectivity index (χ0n) is 48.1. The van der Waals surface area contributed by atoms with Crippen molar-refractivity contribution in [3.63, 3.8) is 0 Å². The van der Waals surface area contributed by atoms with Gasteiger partial charge < -0.3 is 34.9 Å². The van der Waals surface area contributed by atoms with Crippen LogP contribution in [0.25, 0.3) is 0 Å². The van der Waals surface area contributed by atoms with Crippen molar-refractivity contribution in [2.45, 2.75) is 141 Å². The van der Waals surface area contributed by atoms with Crippen LogP contribution in [-0.2, 0) is 30.3 Å². The number of rotatable bonds is 12. The summed E-state index contributed by atoms with van der Waals surface area (Å²) in [5.41, 5.74) is 4.64. The maximum Gasteiger partial charge on any atom is 0.344 e. The van der Waals surface area contributed by atoms with Crippen molar-refractivity contribution in [3.8, 4) is 0 Å². The maximum atomic E-state index is 14.4. The van der Waals surface area contributed by atoms with E-state index >= 15 is 0 Å². The number of carboxylic acids is 1. The first-order valence-electron chi connectivity index (χ1n) is 27.7. The first-order valence-corrected chi connectivity index (χ1v) is 30.9. The van der Waals surface area contributed by atoms with Gasteiger partial charge in [0.05, 0.1) is 18.1 Å². The number of fused-ring (bicyclic) bond motifs is 2. The average molecular weight is 1220 g/mol. The predicted octanol–water partition coefficient (Wildman–Crippen LogP) is 14.0. The Balaban J connectivity index is 0.000000182. The summed E-state index contributed by atoms with van der Waals surface area (Å²) < 4.78 is 0. The molecule has 4 aromatic rings. The van der Waals surface area contributed by atoms with Gasteiger partial charge in [0.1, 0.15) is 26.9 Å². The molecule has 0 bridgehead atoms. The molecule has 2 saturated heterocycles. The fourth-order valence-electron chi connectivity index (χ4n) is 12.0. The van der Waals surface area contributed by atoms with Gasteiger partial charge >= 0.3 is 5.97 Å². The highest BCUT2D eigenvalue weighted by Gasteiger charge is 2.56. The minimum atomic E-state index is -0.918. The van der Waals surface area contributed by atoms with Crippen molar-refractivity contribution in [1.82, 2.24) is 29.8 Å². The summed E-state index contributed by atoms with van der Waals surface area (Å²) in [5.74, 6) is -0.717. The number of amidine groups is 2. The second-order valence-electron chi connectivity index (χ2n) is 22.7. The fraction of sp³-hybridized carbons (Fsp3) is 0.452. The highest BCUT2D eigenvalue weighted by atomic mass is 35.5. The summed E-state index contributed by atoms with van der Waals surface area (Å²) in [7, 11) is 7.13. The lowest BCUT2D eigenvalue weighted by Gasteiger charge is -2.37. The monoisotopic (exact) mass is 1210 g/mol. The number of aliphatic carboxylic acids is 1. The lowest BCUT2D eigenvalue weighted by Crippen LogP contribution is -2.49. The number of carbonyl (C=O) groups excluding carboxylic acids is 3. The molecule has 13 nitrogen and oxygen atoms in total. The highest BCUT2D eigenvalue weighted by molar-refractivity contribution is 8.18. The SMILES string of the molecule is CC(C)C1=C(C(=O)O)SC2=N[C@@](C)(c3ccc(Cl)cc3)[C@@H](c3ccc(Cl)cc3)N21.CC[C@@H]1CC[C@@H](C(=O)N(C)C)N1.CC[C@@H]1CC[C@@H](C(=O)N(C)C)N1C(=O)C1=C(C(C)C)N2C(=N[C@@](C)(c3ccc(Cl)cc3)[C@H]2c2ccc(Cl)cc2)S1. The summed E-state index contributed by atoms with van der Waals surface area (Å²) >= 11 is 27.4. The topological polar surface area (TPSA) is 141 Å². The van der Waals surface area contributed by atoms with Gasteiger partial charge in [-0.3, -0.25) is 14.4 Å². The minimum Gasteiger partial charge on any atom is -0.477 e. The molecular weight excluding hydrogens is 1140 g/mol. The van der Waals surface area contributed by atoms with Gasteiger partial charge in [0, 0.05) is 71.8 Å². The van der Waals surface area contributed by atoms with Crippen molar-refractivity contribution in [2.75, 3.05) is 28.2 Å². The van der Waals surface area contributed by atoms with Gasteiger partial charge in [-0.15, -0.1) is 0 Å². The molecule has 10 rings (SSSR count). The molecule has 2 N–H and O–H groups in total. The Morgan fingerprint density at radius 3 is 1.38 bits per heavy atom. The number of nitrogens with one attached hydrogen (secondary N) is 1. The van der Waals surface area contributed by atoms with E-state index in [9.17, 15) is 24.3 Å². The number of halogens is 4. The molecule has 8 atom stereocenters. The number of thioether (sulfide) groups is 2. The van der Waals surface area contributed by atoms with Crippen molar-refractivity contribution >= 4 is 104 Å². The second kappa shape index (κ2) is 25.5. The molecule has 0 spiro atoms. The normalized spacial score (nSPS) is 25.6. The van der Waals surface area contributed by atoms with E-state index in [0.29, 0.717) is 47.5 Å². The number of amides is 3. The van der Waals surface area contributed by atoms with E-state index in [1.54, 1.807) is 23.9 Å². The third-order valence-corrected chi connectivity index (χ3v) is 19.3. The lowest BCUT2D eigenvalue weighted by molar-refractivity contribution is -0.141. The van der Waals surface area contributed by atoms with E-state index in [1.165, 1.54) is 23.5 Å². The number of hydrogen-bond donors (Lipinski definition) is 2. The number of likely N-dealkylation sites (tertiary alicyclic amines) is 1. The van der Waals surface area contributed by atoms with E-state index < -0.39 is 23.1 Å². The summed E-state index contributed by atoms with van der Waals surface area (Å²) in [5, 5.41) is 17.3. The number of carboxylic acid groups (broad SMARTS) is 1. The van der Waals surface area contributed by atoms with Crippen LogP contribution < -0.4 is 5.32 Å². The molecule has 3 amide bonds. The van der Waals surface area contributed by atoms with Crippen LogP contribution in [0.4, 0.5) is 0 Å². The van der Waals surface area contributed by atoms with Crippen LogP contribution in [0.1, 0.15) is 128 Å². The number of nitrogens with zero attached hydrogens (tertiary/aromatic N) is 7. The number of carbonyl (C=O) groups is 4. The average Bonchev–Trinajstić information content (AvgIpc) is 4.50. The Bertz CT molecular complexity index is 3130. The van der Waals surface area contributed by atoms with E-state index in [2.05, 4.69) is 56.7 Å². The van der Waals surface area contributed by atoms with Gasteiger partial charge in [-0.25, -0.2) is 14.8 Å². The van der Waals surface area contributed by atoms with Crippen LogP contribution >= 0.6 is 69.9 Å². The molecule has 6 heterocycles. The Kier molecular flexibility index (Phi) is 19.5. The number of aliphatic imine (C=N–C) groups is 2. The zero-order valence-corrected chi connectivity index (χ0v) is 52.8. The van der Waals surface area contributed by atoms with Crippen LogP contribution in [0.5, 0.6) is 0 Å². The molecular formula is C62H74Cl4N8O5S2. The summed E-state index contributed by atoms with van der Waals surface area (Å²) in [6.07, 6.45) is 5.58. The number of benzene rings is 4. The van der Waals surface area contributed by atoms with Crippen LogP contribution in [0, 0.1) is 11.8 Å². The number of hydrogen-bond acceptors (Lipinski definition) is 11. The van der Waals surface area contributed by atoms with Crippen LogP contribution in [0.2, 0.25) is 20.1 Å². The Labute approximate surface area is 506 Å². The van der Waals surface area contributed by atoms with E-state index in [0.717, 1.165) is 70.9 Å². The molecule has 0 aliphatic carbocycles. The van der Waals surface area contributed by atoms with Gasteiger partial charge in [0.25, 0.3) is 5.91 Å². The first-order chi connectivity index (χ1) is 38.3. The van der Waals surface area contributed by atoms with Gasteiger partial charge in [0.2, 0.25) is 11.8 Å². The van der Waals surface area contributed by atoms with E-state index in [1.807, 2.05) is 130 Å². The first kappa shape index (κ1) is 62.1. The maximum absolute atomic E-state index is 14.4. The number of allylic oxidation sites excluding steroid dienone is 2. The summed E-state index contributed by atoms with van der Waals surface area (Å²) in [6, 6.07) is 30.9. The molecule has 81 heavy (non-hydrogen) atoms. The third kappa shape index (κ3) is 12.5. The molecule has 4 aromatic carbocycles. The van der Waals surface area contributed by atoms with Gasteiger partial charge in [-0.1, -0.05) is 136 Å². The molecule has 0 aromatic heterocycles. The van der Waals surface area contributed by atoms with Crippen molar-refractivity contribution < 1.29 is 24.3 Å². The standard InChI is InChI=1S/C31H36Cl2N4O2S.C22H20Cl2N2O2S.C9H18N2O/c1-7-23-16-17-24(28(38)35(5)6)36(23)29(39)26-25(18(2)3)37-27(19-8-12-21(32)13-9-19)31(4,34-30(37)40-26)20-10-14-22(33)15-11-20;1-12(2)17-18(20(27)28)29-21-25-22(3,14-6-10-16(24)11-7-14)19(26(17)21)13-4-8-15(23)9-5-13;1-4-7-5-6-8(10-7)9(12)11(2)3/h8-15,18,23-24,27H,7,16-17H2,1-6H3;4-12,19H,1-3H3,(H,27,28);7-8,10H,4-6H2,1-3H3/t23-,24+,27-,31+;19-,22+;7-,8+/m111/s1. The summed E-state index contributed by atoms with van der Waals surface area (Å²) in [4.78, 5) is 71.8. The van der Waals surface area contributed by atoms with E-state index in [4.69, 9.17) is 56.4 Å². The molecule has 0 saturated carbocycles. The smallest absolute Gasteiger partial charge is 0.344 e. The quantitative estimate of drug-likeness (QED) is 0.141. The molecule has 6 aliphatic rings. The molecule has 6 aliphatic heterocycles. The Morgan fingerprint density at radius 2 is 1.01 bits per heavy atom. The van der Waals surface area contributed by atoms with Crippen LogP contribution in [0.15, 0.2) is 128 Å². The van der Waals surface area contributed by atoms with E-state index in [-0.39, 0.29) is 53.7 Å². The van der Waals surface area contributed by atoms with Gasteiger partial charge in [-0.2, -0.15) is 0 Å². The largest absolute Gasteiger partial charge is 0.477 e. The Morgan fingerprint density at radius 1 is 0.605 bits per heavy atom. The molecule has 0 unspecified atom stereocenters. The molecule has 2 fully saturated rings. The number of likely N-dealkylation sites (N-methyl/N-ethyl adjacent to an activating group) is 2. The third-order valence-electron chi connectivity index (χ3n) is 16.1. The Hall–Kier alpha value is -5.00. The molecule has 432 valence electrons. The van der Waals surface area contributed by atoms with Crippen LogP contribution in [0.3, 0.4) is 0 Å². The summed E-state index contributed by atoms with van der Waals surface area (Å²) in [6.45, 7) is 16.7. The van der Waals surface area contributed by atoms with Crippen LogP contribution in [-0.4, -0.2) is 116 Å². The van der Waals surface area contributed by atoms with Crippen molar-refractivity contribution in [1.29, 1.82) is 0 Å². The zero-order chi connectivity index (χ0) is 59.0. The van der Waals surface area contributed by atoms with Gasteiger partial charge in [-0.05, 0) is 159 Å². The fourth-order valence-corrected chi connectivity index (χ4v) is 15.1. The molecule has 19 heteroatoms.